The highest BCUT2D eigenvalue weighted by Gasteiger charge is 2.12. The van der Waals surface area contributed by atoms with Crippen molar-refractivity contribution in [3.05, 3.63) is 54.6 Å². The maximum atomic E-state index is 10.9. The van der Waals surface area contributed by atoms with Crippen LogP contribution in [-0.2, 0) is 16.5 Å². The third kappa shape index (κ3) is 4.65. The molecule has 0 aliphatic heterocycles. The van der Waals surface area contributed by atoms with Crippen LogP contribution in [0.4, 0.5) is 0 Å². The number of pyridine rings is 1. The molecule has 3 rings (SSSR count). The van der Waals surface area contributed by atoms with Crippen molar-refractivity contribution in [1.29, 1.82) is 0 Å². The molecule has 0 fully saturated rings. The van der Waals surface area contributed by atoms with E-state index in [2.05, 4.69) is 9.97 Å². The van der Waals surface area contributed by atoms with Crippen LogP contribution in [0.3, 0.4) is 0 Å². The Morgan fingerprint density at radius 2 is 1.70 bits per heavy atom. The van der Waals surface area contributed by atoms with E-state index in [-0.39, 0.29) is 5.75 Å². The maximum Gasteiger partial charge on any atom is 0.144 e. The molecule has 0 radical (unpaired) electrons. The van der Waals surface area contributed by atoms with Gasteiger partial charge in [0.15, 0.2) is 0 Å². The zero-order valence-electron chi connectivity index (χ0n) is 15.2. The minimum absolute atomic E-state index is 0.0203. The van der Waals surface area contributed by atoms with Crippen molar-refractivity contribution in [2.75, 3.05) is 13.2 Å². The fourth-order valence-electron chi connectivity index (χ4n) is 2.71. The monoisotopic (exact) mass is 387 g/mol. The molecule has 0 atom stereocenters. The van der Waals surface area contributed by atoms with Gasteiger partial charge in [0.05, 0.1) is 30.9 Å². The number of ether oxygens (including phenoxy) is 2. The molecule has 7 nitrogen and oxygen atoms in total. The van der Waals surface area contributed by atoms with Gasteiger partial charge in [0, 0.05) is 17.8 Å². The van der Waals surface area contributed by atoms with E-state index >= 15 is 0 Å². The van der Waals surface area contributed by atoms with Crippen molar-refractivity contribution < 1.29 is 17.9 Å². The van der Waals surface area contributed by atoms with Gasteiger partial charge in [-0.15, -0.1) is 0 Å². The van der Waals surface area contributed by atoms with Gasteiger partial charge in [0.1, 0.15) is 34.3 Å². The molecular formula is C19H21N3O4S. The van der Waals surface area contributed by atoms with Crippen LogP contribution in [0.25, 0.3) is 17.1 Å². The van der Waals surface area contributed by atoms with Gasteiger partial charge in [-0.1, -0.05) is 6.07 Å². The topological polar surface area (TPSA) is 83.3 Å². The first kappa shape index (κ1) is 18.9. The predicted octanol–water partition coefficient (Wildman–Crippen LogP) is 2.84. The Labute approximate surface area is 159 Å². The SMILES string of the molecule is CCOc1cc(OCC)cc(-c2cncn2-c2ccc(C[SH](=O)=O)cn2)c1. The summed E-state index contributed by atoms with van der Waals surface area (Å²) in [5, 5.41) is 0. The lowest BCUT2D eigenvalue weighted by Gasteiger charge is -2.12. The van der Waals surface area contributed by atoms with Crippen molar-refractivity contribution in [3.8, 4) is 28.6 Å². The molecule has 0 saturated heterocycles. The summed E-state index contributed by atoms with van der Waals surface area (Å²) in [6.07, 6.45) is 4.97. The van der Waals surface area contributed by atoms with E-state index in [1.54, 1.807) is 30.9 Å². The second kappa shape index (κ2) is 8.68. The number of imidazole rings is 1. The number of hydrogen-bond donors (Lipinski definition) is 1. The average molecular weight is 387 g/mol. The van der Waals surface area contributed by atoms with Gasteiger partial charge < -0.3 is 9.47 Å². The molecular weight excluding hydrogens is 366 g/mol. The molecule has 8 heteroatoms. The first-order valence-corrected chi connectivity index (χ1v) is 9.97. The van der Waals surface area contributed by atoms with Gasteiger partial charge in [-0.3, -0.25) is 4.57 Å². The Balaban J connectivity index is 1.99. The van der Waals surface area contributed by atoms with Gasteiger partial charge in [-0.05, 0) is 37.6 Å². The Morgan fingerprint density at radius 1 is 1.00 bits per heavy atom. The molecule has 0 aliphatic carbocycles. The first-order valence-electron chi connectivity index (χ1n) is 8.61. The van der Waals surface area contributed by atoms with Crippen molar-refractivity contribution in [3.63, 3.8) is 0 Å². The van der Waals surface area contributed by atoms with Crippen LogP contribution < -0.4 is 9.47 Å². The fourth-order valence-corrected chi connectivity index (χ4v) is 3.20. The van der Waals surface area contributed by atoms with Crippen molar-refractivity contribution in [1.82, 2.24) is 14.5 Å². The van der Waals surface area contributed by atoms with Crippen LogP contribution in [0.15, 0.2) is 49.1 Å². The summed E-state index contributed by atoms with van der Waals surface area (Å²) in [4.78, 5) is 8.61. The minimum atomic E-state index is -2.48. The number of benzene rings is 1. The molecule has 3 aromatic rings. The smallest absolute Gasteiger partial charge is 0.144 e. The number of thiol groups is 1. The summed E-state index contributed by atoms with van der Waals surface area (Å²) < 4.78 is 34.9. The molecule has 2 aromatic heterocycles. The normalized spacial score (nSPS) is 10.9. The maximum absolute atomic E-state index is 10.9. The average Bonchev–Trinajstić information content (AvgIpc) is 3.12. The van der Waals surface area contributed by atoms with E-state index in [4.69, 9.17) is 9.47 Å². The van der Waals surface area contributed by atoms with E-state index in [0.717, 1.165) is 11.3 Å². The summed E-state index contributed by atoms with van der Waals surface area (Å²) >= 11 is 0. The highest BCUT2D eigenvalue weighted by Crippen LogP contribution is 2.31. The number of rotatable bonds is 8. The van der Waals surface area contributed by atoms with Gasteiger partial charge in [0.2, 0.25) is 0 Å². The second-order valence-corrected chi connectivity index (χ2v) is 6.71. The van der Waals surface area contributed by atoms with Gasteiger partial charge in [-0.2, -0.15) is 0 Å². The minimum Gasteiger partial charge on any atom is -0.494 e. The lowest BCUT2D eigenvalue weighted by atomic mass is 10.1. The Bertz CT molecular complexity index is 949. The van der Waals surface area contributed by atoms with Crippen molar-refractivity contribution in [2.45, 2.75) is 19.6 Å². The van der Waals surface area contributed by atoms with E-state index in [0.29, 0.717) is 36.1 Å². The molecule has 142 valence electrons. The van der Waals surface area contributed by atoms with E-state index < -0.39 is 10.7 Å². The highest BCUT2D eigenvalue weighted by molar-refractivity contribution is 7.71. The third-order valence-corrected chi connectivity index (χ3v) is 4.43. The summed E-state index contributed by atoms with van der Waals surface area (Å²) in [5.41, 5.74) is 2.36. The van der Waals surface area contributed by atoms with Gasteiger partial charge in [0.25, 0.3) is 0 Å². The summed E-state index contributed by atoms with van der Waals surface area (Å²) in [5.74, 6) is 2.06. The molecule has 0 bridgehead atoms. The standard InChI is InChI=1S/C19H21N3O4S/c1-3-25-16-7-15(8-17(9-16)26-4-2)18-11-20-13-22(18)19-6-5-14(10-21-19)12-27(23)24/h5-11,13,27H,3-4,12H2,1-2H3. The van der Waals surface area contributed by atoms with Crippen molar-refractivity contribution in [2.24, 2.45) is 0 Å². The zero-order chi connectivity index (χ0) is 19.2. The van der Waals surface area contributed by atoms with Crippen LogP contribution in [0.2, 0.25) is 0 Å². The predicted molar refractivity (Wildman–Crippen MR) is 103 cm³/mol. The lowest BCUT2D eigenvalue weighted by molar-refractivity contribution is 0.323. The quantitative estimate of drug-likeness (QED) is 0.599. The van der Waals surface area contributed by atoms with Gasteiger partial charge in [-0.25, -0.2) is 18.4 Å². The molecule has 0 aliphatic rings. The summed E-state index contributed by atoms with van der Waals surface area (Å²) in [7, 11) is -2.48. The first-order chi connectivity index (χ1) is 13.1. The second-order valence-electron chi connectivity index (χ2n) is 5.72. The lowest BCUT2D eigenvalue weighted by Crippen LogP contribution is -2.01. The van der Waals surface area contributed by atoms with Crippen LogP contribution in [0, 0.1) is 0 Å². The third-order valence-electron chi connectivity index (χ3n) is 3.80. The van der Waals surface area contributed by atoms with Gasteiger partial charge >= 0.3 is 0 Å². The van der Waals surface area contributed by atoms with E-state index in [1.165, 1.54) is 0 Å². The molecule has 2 heterocycles. The number of hydrogen-bond acceptors (Lipinski definition) is 6. The molecule has 0 saturated carbocycles. The fraction of sp³-hybridized carbons (Fsp3) is 0.263. The van der Waals surface area contributed by atoms with Crippen LogP contribution >= 0.6 is 0 Å². The van der Waals surface area contributed by atoms with Crippen LogP contribution in [0.5, 0.6) is 11.5 Å². The van der Waals surface area contributed by atoms with Crippen molar-refractivity contribution >= 4 is 10.7 Å². The molecule has 27 heavy (non-hydrogen) atoms. The number of nitrogens with zero attached hydrogens (tertiary/aromatic N) is 3. The van der Waals surface area contributed by atoms with Crippen LogP contribution in [0.1, 0.15) is 19.4 Å². The number of aromatic nitrogens is 3. The Kier molecular flexibility index (Phi) is 6.08. The molecule has 1 aromatic carbocycles. The van der Waals surface area contributed by atoms with Crippen LogP contribution in [-0.4, -0.2) is 36.2 Å². The zero-order valence-corrected chi connectivity index (χ0v) is 16.1. The Hall–Kier alpha value is -2.87. The molecule has 0 amide bonds. The summed E-state index contributed by atoms with van der Waals surface area (Å²) in [6, 6.07) is 9.23. The summed E-state index contributed by atoms with van der Waals surface area (Å²) in [6.45, 7) is 4.97. The largest absolute Gasteiger partial charge is 0.494 e. The van der Waals surface area contributed by atoms with E-state index in [1.807, 2.05) is 36.6 Å². The molecule has 0 unspecified atom stereocenters. The molecule has 0 spiro atoms. The Morgan fingerprint density at radius 3 is 2.26 bits per heavy atom. The highest BCUT2D eigenvalue weighted by atomic mass is 32.2. The molecule has 0 N–H and O–H groups in total. The van der Waals surface area contributed by atoms with E-state index in [9.17, 15) is 8.42 Å².